The van der Waals surface area contributed by atoms with Crippen LogP contribution < -0.4 is 4.74 Å². The predicted molar refractivity (Wildman–Crippen MR) is 82.5 cm³/mol. The van der Waals surface area contributed by atoms with Crippen LogP contribution in [0.15, 0.2) is 42.5 Å². The Bertz CT molecular complexity index is 588. The van der Waals surface area contributed by atoms with Crippen molar-refractivity contribution in [3.05, 3.63) is 64.2 Å². The zero-order valence-corrected chi connectivity index (χ0v) is 12.7. The smallest absolute Gasteiger partial charge is 0.137 e. The number of ether oxygens (including phenoxy) is 1. The Balaban J connectivity index is 2.42. The molecule has 0 bridgehead atoms. The zero-order chi connectivity index (χ0) is 14.8. The van der Waals surface area contributed by atoms with Crippen molar-refractivity contribution in [2.75, 3.05) is 7.11 Å². The minimum absolute atomic E-state index is 0.536. The molecular weight excluding hydrogens is 272 g/mol. The summed E-state index contributed by atoms with van der Waals surface area (Å²) in [5, 5.41) is 11.4. The fourth-order valence-electron chi connectivity index (χ4n) is 2.19. The molecule has 2 nitrogen and oxygen atoms in total. The number of aliphatic hydroxyl groups is 1. The maximum atomic E-state index is 10.8. The number of rotatable bonds is 4. The van der Waals surface area contributed by atoms with E-state index < -0.39 is 5.60 Å². The maximum Gasteiger partial charge on any atom is 0.137 e. The summed E-state index contributed by atoms with van der Waals surface area (Å²) in [4.78, 5) is 0. The fourth-order valence-corrected chi connectivity index (χ4v) is 2.39. The fraction of sp³-hybridized carbons (Fsp3) is 0.294. The van der Waals surface area contributed by atoms with Crippen molar-refractivity contribution >= 4 is 11.6 Å². The number of benzene rings is 2. The monoisotopic (exact) mass is 290 g/mol. The lowest BCUT2D eigenvalue weighted by Gasteiger charge is -2.25. The Morgan fingerprint density at radius 1 is 1.10 bits per heavy atom. The summed E-state index contributed by atoms with van der Waals surface area (Å²) in [6.45, 7) is 3.88. The second-order valence-electron chi connectivity index (χ2n) is 4.97. The first-order chi connectivity index (χ1) is 9.48. The Labute approximate surface area is 125 Å². The molecule has 0 aromatic heterocycles. The van der Waals surface area contributed by atoms with Gasteiger partial charge in [-0.3, -0.25) is 0 Å². The molecule has 0 saturated carbocycles. The molecule has 2 aromatic carbocycles. The molecule has 1 atom stereocenters. The van der Waals surface area contributed by atoms with Crippen molar-refractivity contribution in [2.24, 2.45) is 0 Å². The lowest BCUT2D eigenvalue weighted by atomic mass is 9.87. The van der Waals surface area contributed by atoms with Gasteiger partial charge in [-0.25, -0.2) is 0 Å². The van der Waals surface area contributed by atoms with E-state index in [1.54, 1.807) is 26.2 Å². The van der Waals surface area contributed by atoms with E-state index in [9.17, 15) is 5.11 Å². The minimum atomic E-state index is -1.08. The molecule has 0 aliphatic rings. The van der Waals surface area contributed by atoms with Crippen molar-refractivity contribution < 1.29 is 9.84 Å². The van der Waals surface area contributed by atoms with Crippen LogP contribution in [0, 0.1) is 0 Å². The van der Waals surface area contributed by atoms with Gasteiger partial charge in [-0.1, -0.05) is 48.9 Å². The summed E-state index contributed by atoms with van der Waals surface area (Å²) in [6, 6.07) is 13.3. The molecule has 3 heteroatoms. The third-order valence-electron chi connectivity index (χ3n) is 3.64. The second kappa shape index (κ2) is 5.86. The van der Waals surface area contributed by atoms with Crippen molar-refractivity contribution in [3.8, 4) is 5.75 Å². The highest BCUT2D eigenvalue weighted by atomic mass is 35.5. The van der Waals surface area contributed by atoms with Crippen LogP contribution in [0.25, 0.3) is 0 Å². The molecule has 0 aliphatic heterocycles. The molecule has 0 spiro atoms. The molecule has 0 fully saturated rings. The standard InChI is InChI=1S/C17H19ClO2/c1-4-12-5-7-13(8-6-12)17(2,19)14-9-10-15(18)16(11-14)20-3/h5-11,19H,4H2,1-3H3. The van der Waals surface area contributed by atoms with Crippen LogP contribution in [-0.4, -0.2) is 12.2 Å². The normalized spacial score (nSPS) is 13.8. The largest absolute Gasteiger partial charge is 0.495 e. The van der Waals surface area contributed by atoms with Gasteiger partial charge < -0.3 is 9.84 Å². The van der Waals surface area contributed by atoms with Gasteiger partial charge in [0.2, 0.25) is 0 Å². The van der Waals surface area contributed by atoms with Crippen LogP contribution in [-0.2, 0) is 12.0 Å². The van der Waals surface area contributed by atoms with E-state index in [-0.39, 0.29) is 0 Å². The molecule has 0 amide bonds. The Kier molecular flexibility index (Phi) is 4.36. The van der Waals surface area contributed by atoms with Gasteiger partial charge in [0, 0.05) is 0 Å². The van der Waals surface area contributed by atoms with Crippen LogP contribution in [0.3, 0.4) is 0 Å². The maximum absolute atomic E-state index is 10.8. The van der Waals surface area contributed by atoms with E-state index in [0.717, 1.165) is 17.5 Å². The number of hydrogen-bond donors (Lipinski definition) is 1. The van der Waals surface area contributed by atoms with E-state index in [0.29, 0.717) is 10.8 Å². The summed E-state index contributed by atoms with van der Waals surface area (Å²) in [5.74, 6) is 0.564. The highest BCUT2D eigenvalue weighted by Crippen LogP contribution is 2.34. The molecule has 2 aromatic rings. The first-order valence-corrected chi connectivity index (χ1v) is 7.02. The van der Waals surface area contributed by atoms with Gasteiger partial charge in [0.1, 0.15) is 11.4 Å². The highest BCUT2D eigenvalue weighted by molar-refractivity contribution is 6.32. The van der Waals surface area contributed by atoms with Crippen LogP contribution in [0.2, 0.25) is 5.02 Å². The summed E-state index contributed by atoms with van der Waals surface area (Å²) < 4.78 is 5.21. The van der Waals surface area contributed by atoms with Crippen molar-refractivity contribution in [3.63, 3.8) is 0 Å². The van der Waals surface area contributed by atoms with Crippen LogP contribution in [0.4, 0.5) is 0 Å². The van der Waals surface area contributed by atoms with Gasteiger partial charge in [-0.2, -0.15) is 0 Å². The van der Waals surface area contributed by atoms with Crippen LogP contribution in [0.1, 0.15) is 30.5 Å². The van der Waals surface area contributed by atoms with Crippen molar-refractivity contribution in [2.45, 2.75) is 25.9 Å². The van der Waals surface area contributed by atoms with Crippen LogP contribution >= 0.6 is 11.6 Å². The molecule has 0 aliphatic carbocycles. The number of hydrogen-bond acceptors (Lipinski definition) is 2. The Morgan fingerprint density at radius 3 is 2.25 bits per heavy atom. The lowest BCUT2D eigenvalue weighted by molar-refractivity contribution is 0.102. The van der Waals surface area contributed by atoms with Gasteiger partial charge in [-0.15, -0.1) is 0 Å². The Morgan fingerprint density at radius 2 is 1.70 bits per heavy atom. The van der Waals surface area contributed by atoms with E-state index in [4.69, 9.17) is 16.3 Å². The topological polar surface area (TPSA) is 29.5 Å². The molecule has 0 radical (unpaired) electrons. The van der Waals surface area contributed by atoms with Crippen molar-refractivity contribution in [1.29, 1.82) is 0 Å². The Hall–Kier alpha value is -1.51. The minimum Gasteiger partial charge on any atom is -0.495 e. The number of aryl methyl sites for hydroxylation is 1. The van der Waals surface area contributed by atoms with Crippen LogP contribution in [0.5, 0.6) is 5.75 Å². The third-order valence-corrected chi connectivity index (χ3v) is 3.95. The van der Waals surface area contributed by atoms with Gasteiger partial charge >= 0.3 is 0 Å². The average molecular weight is 291 g/mol. The molecular formula is C17H19ClO2. The average Bonchev–Trinajstić information content (AvgIpc) is 2.47. The highest BCUT2D eigenvalue weighted by Gasteiger charge is 2.26. The molecule has 0 saturated heterocycles. The van der Waals surface area contributed by atoms with E-state index >= 15 is 0 Å². The van der Waals surface area contributed by atoms with Gasteiger partial charge in [0.25, 0.3) is 0 Å². The first-order valence-electron chi connectivity index (χ1n) is 6.65. The van der Waals surface area contributed by atoms with E-state index in [1.807, 2.05) is 30.3 Å². The van der Waals surface area contributed by atoms with E-state index in [1.165, 1.54) is 5.56 Å². The van der Waals surface area contributed by atoms with Gasteiger partial charge in [-0.05, 0) is 42.2 Å². The van der Waals surface area contributed by atoms with E-state index in [2.05, 4.69) is 6.92 Å². The molecule has 2 rings (SSSR count). The summed E-state index contributed by atoms with van der Waals surface area (Å²) >= 11 is 6.03. The molecule has 1 unspecified atom stereocenters. The summed E-state index contributed by atoms with van der Waals surface area (Å²) in [5.41, 5.74) is 1.77. The molecule has 20 heavy (non-hydrogen) atoms. The van der Waals surface area contributed by atoms with Gasteiger partial charge in [0.05, 0.1) is 12.1 Å². The number of methoxy groups -OCH3 is 1. The SMILES string of the molecule is CCc1ccc(C(C)(O)c2ccc(Cl)c(OC)c2)cc1. The first kappa shape index (κ1) is 14.9. The zero-order valence-electron chi connectivity index (χ0n) is 12.0. The van der Waals surface area contributed by atoms with Gasteiger partial charge in [0.15, 0.2) is 0 Å². The molecule has 1 N–H and O–H groups in total. The molecule has 106 valence electrons. The summed E-state index contributed by atoms with van der Waals surface area (Å²) in [6.07, 6.45) is 0.983. The molecule has 0 heterocycles. The van der Waals surface area contributed by atoms with Crippen molar-refractivity contribution in [1.82, 2.24) is 0 Å². The second-order valence-corrected chi connectivity index (χ2v) is 5.38. The quantitative estimate of drug-likeness (QED) is 0.916. The summed E-state index contributed by atoms with van der Waals surface area (Å²) in [7, 11) is 1.57. The predicted octanol–water partition coefficient (Wildman–Crippen LogP) is 4.17. The number of halogens is 1. The lowest BCUT2D eigenvalue weighted by Crippen LogP contribution is -2.22. The third kappa shape index (κ3) is 2.82.